The van der Waals surface area contributed by atoms with Gasteiger partial charge in [0, 0.05) is 24.2 Å². The quantitative estimate of drug-likeness (QED) is 0.423. The summed E-state index contributed by atoms with van der Waals surface area (Å²) >= 11 is 5.90. The van der Waals surface area contributed by atoms with Crippen LogP contribution in [0, 0.1) is 5.82 Å². The maximum Gasteiger partial charge on any atom is 0.251 e. The molecule has 0 radical (unpaired) electrons. The first-order valence-electron chi connectivity index (χ1n) is 10.8. The summed E-state index contributed by atoms with van der Waals surface area (Å²) < 4.78 is 24.7. The van der Waals surface area contributed by atoms with Gasteiger partial charge in [0.05, 0.1) is 29.6 Å². The summed E-state index contributed by atoms with van der Waals surface area (Å²) in [6.45, 7) is 0.137. The molecule has 7 nitrogen and oxygen atoms in total. The minimum Gasteiger partial charge on any atom is -0.493 e. The van der Waals surface area contributed by atoms with Gasteiger partial charge in [-0.25, -0.2) is 9.37 Å². The summed E-state index contributed by atoms with van der Waals surface area (Å²) in [6.07, 6.45) is 1.14. The third-order valence-corrected chi connectivity index (χ3v) is 5.69. The van der Waals surface area contributed by atoms with E-state index in [1.165, 1.54) is 19.2 Å². The summed E-state index contributed by atoms with van der Waals surface area (Å²) in [5.41, 5.74) is 8.29. The van der Waals surface area contributed by atoms with E-state index in [1.807, 2.05) is 0 Å². The van der Waals surface area contributed by atoms with Crippen LogP contribution in [0.1, 0.15) is 40.6 Å². The van der Waals surface area contributed by atoms with E-state index in [0.29, 0.717) is 34.0 Å². The maximum absolute atomic E-state index is 13.5. The topological polar surface area (TPSA) is 107 Å². The maximum atomic E-state index is 13.5. The van der Waals surface area contributed by atoms with Gasteiger partial charge >= 0.3 is 0 Å². The Labute approximate surface area is 201 Å². The largest absolute Gasteiger partial charge is 0.493 e. The Hall–Kier alpha value is -3.20. The average Bonchev–Trinajstić information content (AvgIpc) is 3.68. The number of ether oxygens (including phenoxy) is 2. The number of aromatic nitrogens is 1. The second-order valence-electron chi connectivity index (χ2n) is 8.03. The van der Waals surface area contributed by atoms with E-state index < -0.39 is 11.9 Å². The van der Waals surface area contributed by atoms with Crippen LogP contribution in [0.3, 0.4) is 0 Å². The number of halogens is 2. The lowest BCUT2D eigenvalue weighted by atomic mass is 10.1. The van der Waals surface area contributed by atoms with Gasteiger partial charge in [0.2, 0.25) is 0 Å². The van der Waals surface area contributed by atoms with Crippen molar-refractivity contribution in [2.24, 2.45) is 5.73 Å². The number of nitrogens with zero attached hydrogens (tertiary/aromatic N) is 1. The lowest BCUT2D eigenvalue weighted by molar-refractivity contribution is 0.0913. The first kappa shape index (κ1) is 23.9. The summed E-state index contributed by atoms with van der Waals surface area (Å²) in [5, 5.41) is 13.4. The molecule has 1 aromatic heterocycles. The molecule has 0 spiro atoms. The zero-order valence-electron chi connectivity index (χ0n) is 18.6. The highest BCUT2D eigenvalue weighted by molar-refractivity contribution is 6.31. The lowest BCUT2D eigenvalue weighted by Crippen LogP contribution is -2.28. The first-order chi connectivity index (χ1) is 16.4. The van der Waals surface area contributed by atoms with Crippen LogP contribution >= 0.6 is 11.6 Å². The molecule has 1 fully saturated rings. The van der Waals surface area contributed by atoms with E-state index in [0.717, 1.165) is 18.4 Å². The fraction of sp³-hybridized carbons (Fsp3) is 0.280. The van der Waals surface area contributed by atoms with Gasteiger partial charge < -0.3 is 25.6 Å². The van der Waals surface area contributed by atoms with Crippen molar-refractivity contribution in [3.8, 4) is 22.8 Å². The minimum atomic E-state index is -1.09. The number of aliphatic hydroxyl groups excluding tert-OH is 1. The van der Waals surface area contributed by atoms with Crippen molar-refractivity contribution in [2.45, 2.75) is 31.6 Å². The van der Waals surface area contributed by atoms with E-state index in [-0.39, 0.29) is 30.1 Å². The number of carbonyl (C=O) groups excluding carboxylic acids is 1. The number of hydrogen-bond acceptors (Lipinski definition) is 6. The highest BCUT2D eigenvalue weighted by atomic mass is 35.5. The molecule has 1 aliphatic rings. The van der Waals surface area contributed by atoms with Gasteiger partial charge in [-0.15, -0.1) is 0 Å². The smallest absolute Gasteiger partial charge is 0.251 e. The molecule has 1 saturated carbocycles. The van der Waals surface area contributed by atoms with Crippen LogP contribution in [-0.2, 0) is 6.54 Å². The second kappa shape index (κ2) is 10.4. The monoisotopic (exact) mass is 485 g/mol. The number of pyridine rings is 1. The molecule has 1 amide bonds. The molecule has 4 N–H and O–H groups in total. The second-order valence-corrected chi connectivity index (χ2v) is 8.43. The van der Waals surface area contributed by atoms with Gasteiger partial charge in [-0.1, -0.05) is 11.6 Å². The molecule has 1 unspecified atom stereocenters. The molecule has 9 heteroatoms. The van der Waals surface area contributed by atoms with E-state index in [9.17, 15) is 14.3 Å². The number of nitrogens with two attached hydrogens (primary N) is 1. The standard InChI is InChI=1S/C25H25ClFN3O4/c1-33-24-11-16(3-7-23(24)34-17-4-5-17)25(32)29-13-22(31)21-9-14(12-28)8-20(30-21)15-2-6-19(27)18(26)10-15/h2-3,6-11,17,22,31H,4-5,12-13,28H2,1H3,(H,29,32). The first-order valence-corrected chi connectivity index (χ1v) is 11.2. The molecular formula is C25H25ClFN3O4. The Morgan fingerprint density at radius 2 is 2.03 bits per heavy atom. The van der Waals surface area contributed by atoms with Crippen molar-refractivity contribution < 1.29 is 23.8 Å². The van der Waals surface area contributed by atoms with Gasteiger partial charge in [-0.3, -0.25) is 4.79 Å². The van der Waals surface area contributed by atoms with Crippen molar-refractivity contribution in [1.29, 1.82) is 0 Å². The van der Waals surface area contributed by atoms with Crippen molar-refractivity contribution >= 4 is 17.5 Å². The Morgan fingerprint density at radius 3 is 2.71 bits per heavy atom. The fourth-order valence-corrected chi connectivity index (χ4v) is 3.55. The van der Waals surface area contributed by atoms with Crippen LogP contribution in [0.25, 0.3) is 11.3 Å². The minimum absolute atomic E-state index is 0.0317. The number of methoxy groups -OCH3 is 1. The summed E-state index contributed by atoms with van der Waals surface area (Å²) in [5.74, 6) is 0.154. The normalized spacial score (nSPS) is 13.9. The molecule has 2 aromatic carbocycles. The van der Waals surface area contributed by atoms with Crippen LogP contribution in [0.2, 0.25) is 5.02 Å². The molecule has 4 rings (SSSR count). The Kier molecular flexibility index (Phi) is 7.31. The number of amides is 1. The van der Waals surface area contributed by atoms with Crippen LogP contribution in [-0.4, -0.2) is 35.8 Å². The van der Waals surface area contributed by atoms with Gasteiger partial charge in [-0.2, -0.15) is 0 Å². The van der Waals surface area contributed by atoms with Gasteiger partial charge in [-0.05, 0) is 66.9 Å². The van der Waals surface area contributed by atoms with Crippen molar-refractivity contribution in [2.75, 3.05) is 13.7 Å². The number of aliphatic hydroxyl groups is 1. The third-order valence-electron chi connectivity index (χ3n) is 5.40. The lowest BCUT2D eigenvalue weighted by Gasteiger charge is -2.15. The van der Waals surface area contributed by atoms with Gasteiger partial charge in [0.15, 0.2) is 11.5 Å². The summed E-state index contributed by atoms with van der Waals surface area (Å²) in [7, 11) is 1.52. The Bertz CT molecular complexity index is 1200. The molecule has 1 atom stereocenters. The number of rotatable bonds is 9. The molecule has 0 bridgehead atoms. The van der Waals surface area contributed by atoms with Crippen LogP contribution in [0.4, 0.5) is 4.39 Å². The molecule has 178 valence electrons. The van der Waals surface area contributed by atoms with E-state index in [1.54, 1.807) is 36.4 Å². The van der Waals surface area contributed by atoms with Crippen LogP contribution < -0.4 is 20.5 Å². The van der Waals surface area contributed by atoms with E-state index in [4.69, 9.17) is 26.8 Å². The molecule has 1 heterocycles. The van der Waals surface area contributed by atoms with Crippen LogP contribution in [0.5, 0.6) is 11.5 Å². The van der Waals surface area contributed by atoms with Crippen molar-refractivity contribution in [1.82, 2.24) is 10.3 Å². The highest BCUT2D eigenvalue weighted by Gasteiger charge is 2.25. The average molecular weight is 486 g/mol. The fourth-order valence-electron chi connectivity index (χ4n) is 3.37. The number of nitrogens with one attached hydrogen (secondary N) is 1. The molecule has 0 saturated heterocycles. The third kappa shape index (κ3) is 5.64. The molecule has 0 aliphatic heterocycles. The molecule has 3 aromatic rings. The van der Waals surface area contributed by atoms with E-state index >= 15 is 0 Å². The van der Waals surface area contributed by atoms with Gasteiger partial charge in [0.1, 0.15) is 11.9 Å². The Morgan fingerprint density at radius 1 is 1.24 bits per heavy atom. The van der Waals surface area contributed by atoms with E-state index in [2.05, 4.69) is 10.3 Å². The number of benzene rings is 2. The summed E-state index contributed by atoms with van der Waals surface area (Å²) in [4.78, 5) is 17.1. The number of carbonyl (C=O) groups is 1. The van der Waals surface area contributed by atoms with Crippen molar-refractivity contribution in [3.05, 3.63) is 76.2 Å². The molecule has 1 aliphatic carbocycles. The van der Waals surface area contributed by atoms with Crippen LogP contribution in [0.15, 0.2) is 48.5 Å². The predicted octanol–water partition coefficient (Wildman–Crippen LogP) is 4.01. The zero-order valence-corrected chi connectivity index (χ0v) is 19.3. The SMILES string of the molecule is COc1cc(C(=O)NCC(O)c2cc(CN)cc(-c3ccc(F)c(Cl)c3)n2)ccc1OC1CC1. The zero-order chi connectivity index (χ0) is 24.2. The Balaban J connectivity index is 1.47. The molecular weight excluding hydrogens is 461 g/mol. The molecule has 34 heavy (non-hydrogen) atoms. The highest BCUT2D eigenvalue weighted by Crippen LogP contribution is 2.34. The van der Waals surface area contributed by atoms with Crippen molar-refractivity contribution in [3.63, 3.8) is 0 Å². The number of hydrogen-bond donors (Lipinski definition) is 3. The predicted molar refractivity (Wildman–Crippen MR) is 126 cm³/mol. The summed E-state index contributed by atoms with van der Waals surface area (Å²) in [6, 6.07) is 12.6. The van der Waals surface area contributed by atoms with Gasteiger partial charge in [0.25, 0.3) is 5.91 Å².